The molecular weight excluding hydrogens is 428 g/mol. The molecule has 1 amide bonds. The molecule has 0 aliphatic carbocycles. The molecule has 0 unspecified atom stereocenters. The van der Waals surface area contributed by atoms with E-state index in [4.69, 9.17) is 26.2 Å². The average molecular weight is 447 g/mol. The van der Waals surface area contributed by atoms with E-state index in [1.165, 1.54) is 35.9 Å². The molecule has 1 aliphatic heterocycles. The molecule has 2 aromatic carbocycles. The lowest BCUT2D eigenvalue weighted by Gasteiger charge is -2.11. The number of benzene rings is 2. The first-order valence-corrected chi connectivity index (χ1v) is 10.1. The summed E-state index contributed by atoms with van der Waals surface area (Å²) in [6, 6.07) is 9.57. The molecule has 1 fully saturated rings. The number of likely N-dealkylation sites (N-methyl/N-ethyl adjacent to an activating group) is 1. The van der Waals surface area contributed by atoms with Gasteiger partial charge < -0.3 is 14.6 Å². The molecule has 0 saturated carbocycles. The van der Waals surface area contributed by atoms with E-state index in [9.17, 15) is 9.59 Å². The van der Waals surface area contributed by atoms with E-state index < -0.39 is 5.97 Å². The van der Waals surface area contributed by atoms with Gasteiger partial charge in [-0.05, 0) is 54.6 Å². The molecule has 9 heteroatoms. The van der Waals surface area contributed by atoms with Crippen LogP contribution in [-0.2, 0) is 4.79 Å². The SMILES string of the molecule is CCOc1cc(Cl)c(/C=C2\SC(=Nc3cccc(C(=O)O)c3)N(C)C2=O)cc1OC. The molecule has 0 atom stereocenters. The van der Waals surface area contributed by atoms with Crippen molar-refractivity contribution in [2.75, 3.05) is 20.8 Å². The predicted octanol–water partition coefficient (Wildman–Crippen LogP) is 4.68. The third-order valence-corrected chi connectivity index (χ3v) is 5.58. The molecule has 0 aromatic heterocycles. The number of thioether (sulfide) groups is 1. The summed E-state index contributed by atoms with van der Waals surface area (Å²) in [4.78, 5) is 30.1. The number of methoxy groups -OCH3 is 1. The van der Waals surface area contributed by atoms with Gasteiger partial charge in [-0.3, -0.25) is 9.69 Å². The molecule has 3 rings (SSSR count). The fourth-order valence-corrected chi connectivity index (χ4v) is 3.89. The zero-order valence-corrected chi connectivity index (χ0v) is 18.1. The molecule has 0 radical (unpaired) electrons. The maximum Gasteiger partial charge on any atom is 0.335 e. The van der Waals surface area contributed by atoms with Gasteiger partial charge >= 0.3 is 5.97 Å². The minimum absolute atomic E-state index is 0.123. The first-order valence-electron chi connectivity index (χ1n) is 8.94. The highest BCUT2D eigenvalue weighted by Crippen LogP contribution is 2.38. The molecular formula is C21H19ClN2O5S. The summed E-state index contributed by atoms with van der Waals surface area (Å²) in [6.07, 6.45) is 1.67. The lowest BCUT2D eigenvalue weighted by Crippen LogP contribution is -2.23. The molecule has 0 bridgehead atoms. The molecule has 156 valence electrons. The van der Waals surface area contributed by atoms with E-state index in [0.717, 1.165) is 0 Å². The summed E-state index contributed by atoms with van der Waals surface area (Å²) >= 11 is 7.55. The topological polar surface area (TPSA) is 88.4 Å². The number of aromatic carboxylic acids is 1. The van der Waals surface area contributed by atoms with Crippen molar-refractivity contribution in [3.63, 3.8) is 0 Å². The Kier molecular flexibility index (Phi) is 6.69. The van der Waals surface area contributed by atoms with Gasteiger partial charge in [0.2, 0.25) is 0 Å². The van der Waals surface area contributed by atoms with Crippen LogP contribution < -0.4 is 9.47 Å². The van der Waals surface area contributed by atoms with Crippen LogP contribution in [0.5, 0.6) is 11.5 Å². The van der Waals surface area contributed by atoms with Gasteiger partial charge in [-0.15, -0.1) is 0 Å². The van der Waals surface area contributed by atoms with Gasteiger partial charge in [0.05, 0.1) is 34.9 Å². The Labute approximate surface area is 183 Å². The van der Waals surface area contributed by atoms with Crippen LogP contribution in [0.4, 0.5) is 5.69 Å². The van der Waals surface area contributed by atoms with E-state index in [-0.39, 0.29) is 11.5 Å². The van der Waals surface area contributed by atoms with Crippen LogP contribution in [0.25, 0.3) is 6.08 Å². The Morgan fingerprint density at radius 3 is 2.73 bits per heavy atom. The van der Waals surface area contributed by atoms with Crippen molar-refractivity contribution in [2.24, 2.45) is 4.99 Å². The van der Waals surface area contributed by atoms with E-state index in [1.807, 2.05) is 6.92 Å². The Morgan fingerprint density at radius 1 is 1.30 bits per heavy atom. The lowest BCUT2D eigenvalue weighted by molar-refractivity contribution is -0.121. The third-order valence-electron chi connectivity index (χ3n) is 4.19. The van der Waals surface area contributed by atoms with E-state index in [2.05, 4.69) is 4.99 Å². The first-order chi connectivity index (χ1) is 14.3. The maximum atomic E-state index is 12.7. The number of carbonyl (C=O) groups is 2. The van der Waals surface area contributed by atoms with E-state index in [1.54, 1.807) is 37.4 Å². The Morgan fingerprint density at radius 2 is 2.07 bits per heavy atom. The van der Waals surface area contributed by atoms with Crippen molar-refractivity contribution in [3.8, 4) is 11.5 Å². The van der Waals surface area contributed by atoms with Crippen molar-refractivity contribution >= 4 is 52.2 Å². The molecule has 1 aliphatic rings. The van der Waals surface area contributed by atoms with Crippen molar-refractivity contribution in [1.82, 2.24) is 4.90 Å². The number of amidine groups is 1. The monoisotopic (exact) mass is 446 g/mol. The highest BCUT2D eigenvalue weighted by molar-refractivity contribution is 8.18. The van der Waals surface area contributed by atoms with Gasteiger partial charge in [0.1, 0.15) is 0 Å². The molecule has 1 N–H and O–H groups in total. The number of aliphatic imine (C=N–C) groups is 1. The van der Waals surface area contributed by atoms with Crippen molar-refractivity contribution in [2.45, 2.75) is 6.92 Å². The van der Waals surface area contributed by atoms with Crippen LogP contribution in [-0.4, -0.2) is 47.8 Å². The zero-order valence-electron chi connectivity index (χ0n) is 16.5. The molecule has 7 nitrogen and oxygen atoms in total. The summed E-state index contributed by atoms with van der Waals surface area (Å²) < 4.78 is 10.9. The minimum atomic E-state index is -1.04. The fourth-order valence-electron chi connectivity index (χ4n) is 2.70. The number of carboxylic acids is 1. The quantitative estimate of drug-likeness (QED) is 0.648. The van der Waals surface area contributed by atoms with Crippen LogP contribution in [0.2, 0.25) is 5.02 Å². The number of hydrogen-bond acceptors (Lipinski definition) is 6. The number of amides is 1. The number of ether oxygens (including phenoxy) is 2. The fraction of sp³-hybridized carbons (Fsp3) is 0.190. The van der Waals surface area contributed by atoms with Crippen molar-refractivity contribution in [3.05, 3.63) is 57.5 Å². The smallest absolute Gasteiger partial charge is 0.335 e. The van der Waals surface area contributed by atoms with Crippen LogP contribution in [0.1, 0.15) is 22.8 Å². The first kappa shape index (κ1) is 21.7. The number of halogens is 1. The van der Waals surface area contributed by atoms with Gasteiger partial charge in [0.25, 0.3) is 5.91 Å². The largest absolute Gasteiger partial charge is 0.493 e. The molecule has 1 saturated heterocycles. The maximum absolute atomic E-state index is 12.7. The Hall–Kier alpha value is -2.97. The number of carboxylic acid groups (broad SMARTS) is 1. The zero-order chi connectivity index (χ0) is 21.8. The van der Waals surface area contributed by atoms with Gasteiger partial charge in [-0.1, -0.05) is 17.7 Å². The summed E-state index contributed by atoms with van der Waals surface area (Å²) in [5, 5.41) is 9.99. The van der Waals surface area contributed by atoms with Gasteiger partial charge in [0, 0.05) is 13.1 Å². The normalized spacial score (nSPS) is 16.4. The second-order valence-corrected chi connectivity index (χ2v) is 7.60. The van der Waals surface area contributed by atoms with Gasteiger partial charge in [-0.2, -0.15) is 0 Å². The highest BCUT2D eigenvalue weighted by Gasteiger charge is 2.30. The molecule has 0 spiro atoms. The Balaban J connectivity index is 1.94. The summed E-state index contributed by atoms with van der Waals surface area (Å²) in [6.45, 7) is 2.33. The summed E-state index contributed by atoms with van der Waals surface area (Å²) in [5.74, 6) is -0.246. The average Bonchev–Trinajstić information content (AvgIpc) is 2.98. The van der Waals surface area contributed by atoms with Gasteiger partial charge in [-0.25, -0.2) is 9.79 Å². The number of rotatable bonds is 6. The minimum Gasteiger partial charge on any atom is -0.493 e. The van der Waals surface area contributed by atoms with Crippen molar-refractivity contribution in [1.29, 1.82) is 0 Å². The number of hydrogen-bond donors (Lipinski definition) is 1. The second kappa shape index (κ2) is 9.23. The second-order valence-electron chi connectivity index (χ2n) is 6.18. The van der Waals surface area contributed by atoms with Crippen molar-refractivity contribution < 1.29 is 24.2 Å². The summed E-state index contributed by atoms with van der Waals surface area (Å²) in [7, 11) is 3.14. The Bertz CT molecular complexity index is 1070. The molecule has 30 heavy (non-hydrogen) atoms. The van der Waals surface area contributed by atoms with E-state index >= 15 is 0 Å². The highest BCUT2D eigenvalue weighted by atomic mass is 35.5. The van der Waals surface area contributed by atoms with Crippen LogP contribution >= 0.6 is 23.4 Å². The molecule has 2 aromatic rings. The summed E-state index contributed by atoms with van der Waals surface area (Å²) in [5.41, 5.74) is 1.17. The van der Waals surface area contributed by atoms with Crippen LogP contribution in [0, 0.1) is 0 Å². The standard InChI is InChI=1S/C21H19ClN2O5S/c1-4-29-17-11-15(22)13(9-16(17)28-3)10-18-19(25)24(2)21(30-18)23-14-7-5-6-12(8-14)20(26)27/h5-11H,4H2,1-3H3,(H,26,27)/b18-10-,23-21?. The van der Waals surface area contributed by atoms with E-state index in [0.29, 0.717) is 44.5 Å². The van der Waals surface area contributed by atoms with Gasteiger partial charge in [0.15, 0.2) is 16.7 Å². The molecule has 1 heterocycles. The number of nitrogens with zero attached hydrogens (tertiary/aromatic N) is 2. The van der Waals surface area contributed by atoms with Crippen LogP contribution in [0.15, 0.2) is 46.3 Å². The third kappa shape index (κ3) is 4.60. The number of carbonyl (C=O) groups excluding carboxylic acids is 1. The lowest BCUT2D eigenvalue weighted by atomic mass is 10.1. The van der Waals surface area contributed by atoms with Crippen LogP contribution in [0.3, 0.4) is 0 Å². The predicted molar refractivity (Wildman–Crippen MR) is 118 cm³/mol.